The summed E-state index contributed by atoms with van der Waals surface area (Å²) in [7, 11) is 0. The van der Waals surface area contributed by atoms with Crippen molar-refractivity contribution in [3.8, 4) is 0 Å². The molecule has 0 spiro atoms. The van der Waals surface area contributed by atoms with Crippen LogP contribution in [0.2, 0.25) is 0 Å². The minimum atomic E-state index is -0.859. The van der Waals surface area contributed by atoms with Crippen LogP contribution in [0.15, 0.2) is 0 Å². The largest absolute Gasteiger partial charge is 0.481 e. The Hall–Kier alpha value is -1.26. The van der Waals surface area contributed by atoms with Gasteiger partial charge in [-0.3, -0.25) is 4.79 Å². The van der Waals surface area contributed by atoms with Gasteiger partial charge in [0.05, 0.1) is 5.92 Å². The number of carboxylic acid groups (broad SMARTS) is 1. The molecule has 1 N–H and O–H groups in total. The Labute approximate surface area is 89.0 Å². The lowest BCUT2D eigenvalue weighted by molar-refractivity contribution is -0.150. The van der Waals surface area contributed by atoms with Gasteiger partial charge in [-0.25, -0.2) is 4.79 Å². The lowest BCUT2D eigenvalue weighted by atomic mass is 9.91. The lowest BCUT2D eigenvalue weighted by Gasteiger charge is -2.43. The molecule has 86 valence electrons. The molecule has 2 atom stereocenters. The predicted molar refractivity (Wildman–Crippen MR) is 53.5 cm³/mol. The number of carbonyl (C=O) groups is 2. The highest BCUT2D eigenvalue weighted by atomic mass is 16.6. The van der Waals surface area contributed by atoms with Gasteiger partial charge in [0.25, 0.3) is 0 Å². The number of nitrogens with zero attached hydrogens (tertiary/aromatic N) is 1. The predicted octanol–water partition coefficient (Wildman–Crippen LogP) is 1.33. The van der Waals surface area contributed by atoms with E-state index in [9.17, 15) is 9.59 Å². The van der Waals surface area contributed by atoms with Crippen molar-refractivity contribution in [3.63, 3.8) is 0 Å². The molecule has 0 aromatic carbocycles. The van der Waals surface area contributed by atoms with E-state index < -0.39 is 23.6 Å². The van der Waals surface area contributed by atoms with E-state index in [4.69, 9.17) is 9.84 Å². The molecule has 1 rings (SSSR count). The fourth-order valence-corrected chi connectivity index (χ4v) is 1.46. The van der Waals surface area contributed by atoms with Gasteiger partial charge in [0.2, 0.25) is 0 Å². The number of likely N-dealkylation sites (tertiary alicyclic amines) is 1. The lowest BCUT2D eigenvalue weighted by Crippen LogP contribution is -2.60. The van der Waals surface area contributed by atoms with Gasteiger partial charge in [0.15, 0.2) is 0 Å². The van der Waals surface area contributed by atoms with Crippen molar-refractivity contribution in [1.82, 2.24) is 4.90 Å². The molecular weight excluding hydrogens is 198 g/mol. The Morgan fingerprint density at radius 3 is 2.27 bits per heavy atom. The van der Waals surface area contributed by atoms with Gasteiger partial charge in [-0.1, -0.05) is 0 Å². The first-order valence-corrected chi connectivity index (χ1v) is 4.95. The second-order valence-electron chi connectivity index (χ2n) is 4.82. The van der Waals surface area contributed by atoms with Crippen LogP contribution in [0, 0.1) is 5.92 Å². The maximum atomic E-state index is 11.5. The van der Waals surface area contributed by atoms with Gasteiger partial charge in [-0.05, 0) is 27.7 Å². The Bertz CT molecular complexity index is 282. The second kappa shape index (κ2) is 3.72. The maximum Gasteiger partial charge on any atom is 0.410 e. The van der Waals surface area contributed by atoms with Crippen LogP contribution in [0.1, 0.15) is 27.7 Å². The van der Waals surface area contributed by atoms with Crippen LogP contribution in [0.5, 0.6) is 0 Å². The van der Waals surface area contributed by atoms with Crippen LogP contribution in [-0.4, -0.2) is 40.3 Å². The molecule has 5 heteroatoms. The third-order valence-electron chi connectivity index (χ3n) is 2.41. The first kappa shape index (κ1) is 11.8. The second-order valence-corrected chi connectivity index (χ2v) is 4.82. The molecular formula is C10H17NO4. The van der Waals surface area contributed by atoms with Crippen molar-refractivity contribution in [2.45, 2.75) is 39.3 Å². The van der Waals surface area contributed by atoms with E-state index in [0.717, 1.165) is 0 Å². The monoisotopic (exact) mass is 215 g/mol. The van der Waals surface area contributed by atoms with E-state index in [-0.39, 0.29) is 12.6 Å². The minimum absolute atomic E-state index is 0.241. The number of amides is 1. The van der Waals surface area contributed by atoms with Crippen molar-refractivity contribution >= 4 is 12.1 Å². The van der Waals surface area contributed by atoms with Crippen molar-refractivity contribution in [2.24, 2.45) is 5.92 Å². The molecule has 1 aliphatic heterocycles. The third kappa shape index (κ3) is 2.61. The standard InChI is InChI=1S/C10H17NO4/c1-6-7(8(12)13)5-11(6)9(14)15-10(2,3)4/h6-7H,5H2,1-4H3,(H,12,13). The highest BCUT2D eigenvalue weighted by Crippen LogP contribution is 2.26. The third-order valence-corrected chi connectivity index (χ3v) is 2.41. The van der Waals surface area contributed by atoms with Gasteiger partial charge in [0, 0.05) is 12.6 Å². The van der Waals surface area contributed by atoms with Crippen LogP contribution in [-0.2, 0) is 9.53 Å². The molecule has 1 heterocycles. The normalized spacial score (nSPS) is 25.7. The molecule has 1 saturated heterocycles. The number of rotatable bonds is 1. The minimum Gasteiger partial charge on any atom is -0.481 e. The Morgan fingerprint density at radius 2 is 1.93 bits per heavy atom. The first-order valence-electron chi connectivity index (χ1n) is 4.95. The fourth-order valence-electron chi connectivity index (χ4n) is 1.46. The summed E-state index contributed by atoms with van der Waals surface area (Å²) in [6, 6.07) is -0.280. The zero-order chi connectivity index (χ0) is 11.8. The molecule has 0 aromatic heterocycles. The van der Waals surface area contributed by atoms with Crippen LogP contribution in [0.3, 0.4) is 0 Å². The van der Waals surface area contributed by atoms with E-state index in [2.05, 4.69) is 0 Å². The molecule has 1 aliphatic rings. The summed E-state index contributed by atoms with van der Waals surface area (Å²) in [5.74, 6) is -1.32. The van der Waals surface area contributed by atoms with Crippen LogP contribution < -0.4 is 0 Å². The van der Waals surface area contributed by atoms with Crippen LogP contribution in [0.25, 0.3) is 0 Å². The Balaban J connectivity index is 2.49. The van der Waals surface area contributed by atoms with Crippen molar-refractivity contribution in [3.05, 3.63) is 0 Å². The summed E-state index contributed by atoms with van der Waals surface area (Å²) in [4.78, 5) is 23.6. The van der Waals surface area contributed by atoms with Gasteiger partial charge >= 0.3 is 12.1 Å². The number of hydrogen-bond donors (Lipinski definition) is 1. The molecule has 15 heavy (non-hydrogen) atoms. The fraction of sp³-hybridized carbons (Fsp3) is 0.800. The molecule has 0 radical (unpaired) electrons. The van der Waals surface area contributed by atoms with Gasteiger partial charge in [0.1, 0.15) is 5.60 Å². The summed E-state index contributed by atoms with van der Waals surface area (Å²) in [6.07, 6.45) is -0.438. The Morgan fingerprint density at radius 1 is 1.40 bits per heavy atom. The maximum absolute atomic E-state index is 11.5. The van der Waals surface area contributed by atoms with E-state index >= 15 is 0 Å². The topological polar surface area (TPSA) is 66.8 Å². The van der Waals surface area contributed by atoms with Crippen molar-refractivity contribution < 1.29 is 19.4 Å². The Kier molecular flexibility index (Phi) is 2.93. The van der Waals surface area contributed by atoms with Crippen molar-refractivity contribution in [1.29, 1.82) is 0 Å². The van der Waals surface area contributed by atoms with E-state index in [1.165, 1.54) is 4.90 Å². The summed E-state index contributed by atoms with van der Waals surface area (Å²) in [5, 5.41) is 8.76. The quantitative estimate of drug-likeness (QED) is 0.716. The van der Waals surface area contributed by atoms with E-state index in [1.807, 2.05) is 0 Å². The zero-order valence-corrected chi connectivity index (χ0v) is 9.48. The molecule has 0 saturated carbocycles. The average Bonchev–Trinajstić information content (AvgIpc) is 1.97. The smallest absolute Gasteiger partial charge is 0.410 e. The van der Waals surface area contributed by atoms with Crippen LogP contribution >= 0.6 is 0 Å². The number of carbonyl (C=O) groups excluding carboxylic acids is 1. The summed E-state index contributed by atoms with van der Waals surface area (Å²) >= 11 is 0. The average molecular weight is 215 g/mol. The molecule has 2 unspecified atom stereocenters. The zero-order valence-electron chi connectivity index (χ0n) is 9.48. The summed E-state index contributed by atoms with van der Waals surface area (Å²) in [5.41, 5.74) is -0.537. The van der Waals surface area contributed by atoms with Gasteiger partial charge in [-0.15, -0.1) is 0 Å². The first-order chi connectivity index (χ1) is 6.72. The molecule has 5 nitrogen and oxygen atoms in total. The number of aliphatic carboxylic acids is 1. The number of carboxylic acids is 1. The molecule has 1 fully saturated rings. The molecule has 0 bridgehead atoms. The molecule has 1 amide bonds. The van der Waals surface area contributed by atoms with Crippen molar-refractivity contribution in [2.75, 3.05) is 6.54 Å². The molecule has 0 aliphatic carbocycles. The number of ether oxygens (including phenoxy) is 1. The van der Waals surface area contributed by atoms with Gasteiger partial charge < -0.3 is 14.7 Å². The van der Waals surface area contributed by atoms with E-state index in [0.29, 0.717) is 0 Å². The van der Waals surface area contributed by atoms with Gasteiger partial charge in [-0.2, -0.15) is 0 Å². The summed E-state index contributed by atoms with van der Waals surface area (Å²) in [6.45, 7) is 7.30. The SMILES string of the molecule is CC1C(C(=O)O)CN1C(=O)OC(C)(C)C. The van der Waals surface area contributed by atoms with E-state index in [1.54, 1.807) is 27.7 Å². The highest BCUT2D eigenvalue weighted by molar-refractivity contribution is 5.77. The highest BCUT2D eigenvalue weighted by Gasteiger charge is 2.44. The summed E-state index contributed by atoms with van der Waals surface area (Å²) < 4.78 is 5.13. The number of hydrogen-bond acceptors (Lipinski definition) is 3. The molecule has 0 aromatic rings. The van der Waals surface area contributed by atoms with Crippen LogP contribution in [0.4, 0.5) is 4.79 Å².